The van der Waals surface area contributed by atoms with Crippen molar-refractivity contribution in [1.82, 2.24) is 4.98 Å². The van der Waals surface area contributed by atoms with Crippen molar-refractivity contribution < 1.29 is 45.3 Å². The molecule has 152 valence electrons. The van der Waals surface area contributed by atoms with Crippen LogP contribution >= 0.6 is 22.7 Å². The molecule has 4 aromatic heterocycles. The number of aromatic amines is 1. The first kappa shape index (κ1) is 22.4. The van der Waals surface area contributed by atoms with Gasteiger partial charge in [-0.05, 0) is 11.4 Å². The Balaban J connectivity index is 0.000000187. The van der Waals surface area contributed by atoms with Crippen LogP contribution in [0.4, 0.5) is 0 Å². The number of furan rings is 1. The molecule has 4 aromatic rings. The molecule has 0 radical (unpaired) electrons. The maximum absolute atomic E-state index is 8.53. The summed E-state index contributed by atoms with van der Waals surface area (Å²) in [6.07, 6.45) is 4.70. The number of hydrogen-bond donors (Lipinski definition) is 9. The summed E-state index contributed by atoms with van der Waals surface area (Å²) >= 11 is 2.38. The molecule has 0 aliphatic heterocycles. The van der Waals surface area contributed by atoms with Gasteiger partial charge in [0.05, 0.1) is 0 Å². The fraction of sp³-hybridized carbons (Fsp3) is 0. The smallest absolute Gasteiger partial charge is 0.214 e. The van der Waals surface area contributed by atoms with Crippen molar-refractivity contribution >= 4 is 22.7 Å². The van der Waals surface area contributed by atoms with Crippen LogP contribution in [0.1, 0.15) is 0 Å². The lowest BCUT2D eigenvalue weighted by Crippen LogP contribution is -1.50. The van der Waals surface area contributed by atoms with Crippen LogP contribution in [0.2, 0.25) is 0 Å². The highest BCUT2D eigenvalue weighted by Gasteiger charge is 1.96. The third-order valence-electron chi connectivity index (χ3n) is 2.57. The van der Waals surface area contributed by atoms with Gasteiger partial charge in [-0.1, -0.05) is 0 Å². The van der Waals surface area contributed by atoms with Crippen LogP contribution in [-0.2, 0) is 0 Å². The maximum atomic E-state index is 8.53. The first-order chi connectivity index (χ1) is 13.2. The summed E-state index contributed by atoms with van der Waals surface area (Å²) in [6.45, 7) is 0. The number of hydrogen-bond acceptors (Lipinski definition) is 11. The van der Waals surface area contributed by atoms with Gasteiger partial charge in [-0.2, -0.15) is 0 Å². The molecule has 0 aromatic carbocycles. The monoisotopic (exact) mass is 431 g/mol. The lowest BCUT2D eigenvalue weighted by atomic mass is 10.6. The Morgan fingerprint density at radius 3 is 1.29 bits per heavy atom. The van der Waals surface area contributed by atoms with Crippen molar-refractivity contribution in [1.29, 1.82) is 0 Å². The molecule has 0 aliphatic carbocycles. The van der Waals surface area contributed by atoms with Gasteiger partial charge >= 0.3 is 0 Å². The van der Waals surface area contributed by atoms with Gasteiger partial charge < -0.3 is 50.3 Å². The highest BCUT2D eigenvalue weighted by molar-refractivity contribution is 7.12. The summed E-state index contributed by atoms with van der Waals surface area (Å²) in [5, 5.41) is 72.4. The van der Waals surface area contributed by atoms with Gasteiger partial charge in [-0.15, -0.1) is 22.7 Å². The van der Waals surface area contributed by atoms with E-state index in [9.17, 15) is 0 Å². The Morgan fingerprint density at radius 2 is 1.14 bits per heavy atom. The SMILES string of the molecule is Oc1c[nH]cc1O.Oc1ccsc1O.Oc1cocc1O.Oc1cscc1O. The molecule has 0 atom stereocenters. The second kappa shape index (κ2) is 11.2. The van der Waals surface area contributed by atoms with E-state index in [2.05, 4.69) is 9.40 Å². The van der Waals surface area contributed by atoms with E-state index in [-0.39, 0.29) is 45.3 Å². The minimum atomic E-state index is -0.222. The maximum Gasteiger partial charge on any atom is 0.214 e. The fourth-order valence-corrected chi connectivity index (χ4v) is 2.29. The van der Waals surface area contributed by atoms with Gasteiger partial charge in [0, 0.05) is 23.2 Å². The number of aromatic nitrogens is 1. The second-order valence-corrected chi connectivity index (χ2v) is 6.26. The van der Waals surface area contributed by atoms with E-state index >= 15 is 0 Å². The quantitative estimate of drug-likeness (QED) is 0.201. The van der Waals surface area contributed by atoms with Crippen LogP contribution in [0.25, 0.3) is 0 Å². The Hall–Kier alpha value is -3.64. The summed E-state index contributed by atoms with van der Waals surface area (Å²) in [7, 11) is 0. The summed E-state index contributed by atoms with van der Waals surface area (Å²) in [6, 6.07) is 1.44. The lowest BCUT2D eigenvalue weighted by molar-refractivity contribution is 0.407. The van der Waals surface area contributed by atoms with E-state index < -0.39 is 0 Å². The summed E-state index contributed by atoms with van der Waals surface area (Å²) in [5.41, 5.74) is 0. The molecule has 0 unspecified atom stereocenters. The fourth-order valence-electron chi connectivity index (χ4n) is 1.21. The normalized spacial score (nSPS) is 9.14. The van der Waals surface area contributed by atoms with Crippen molar-refractivity contribution in [2.24, 2.45) is 0 Å². The number of aromatic hydroxyl groups is 8. The van der Waals surface area contributed by atoms with Crippen molar-refractivity contribution in [3.63, 3.8) is 0 Å². The van der Waals surface area contributed by atoms with Crippen molar-refractivity contribution in [2.75, 3.05) is 0 Å². The van der Waals surface area contributed by atoms with Gasteiger partial charge in [0.1, 0.15) is 12.5 Å². The Morgan fingerprint density at radius 1 is 0.643 bits per heavy atom. The van der Waals surface area contributed by atoms with Crippen LogP contribution in [0, 0.1) is 0 Å². The second-order valence-electron chi connectivity index (χ2n) is 4.62. The minimum Gasteiger partial charge on any atom is -0.504 e. The first-order valence-corrected chi connectivity index (χ1v) is 8.93. The molecule has 0 fully saturated rings. The Labute approximate surface area is 165 Å². The summed E-state index contributed by atoms with van der Waals surface area (Å²) in [4.78, 5) is 2.50. The molecule has 0 saturated heterocycles. The van der Waals surface area contributed by atoms with Crippen LogP contribution < -0.4 is 0 Å². The van der Waals surface area contributed by atoms with Crippen LogP contribution in [0.15, 0.2) is 51.5 Å². The van der Waals surface area contributed by atoms with E-state index in [1.54, 1.807) is 5.38 Å². The van der Waals surface area contributed by atoms with E-state index in [0.717, 1.165) is 23.9 Å². The van der Waals surface area contributed by atoms with Crippen LogP contribution in [0.3, 0.4) is 0 Å². The summed E-state index contributed by atoms with van der Waals surface area (Å²) < 4.78 is 4.34. The molecule has 4 heterocycles. The number of H-pyrrole nitrogens is 1. The topological polar surface area (TPSA) is 191 Å². The largest absolute Gasteiger partial charge is 0.504 e. The molecular formula is C16H17NO9S2. The zero-order valence-electron chi connectivity index (χ0n) is 13.9. The average molecular weight is 431 g/mol. The average Bonchev–Trinajstić information content (AvgIpc) is 3.41. The third kappa shape index (κ3) is 7.72. The molecule has 12 heteroatoms. The first-order valence-electron chi connectivity index (χ1n) is 7.10. The molecule has 0 amide bonds. The molecule has 28 heavy (non-hydrogen) atoms. The number of thiophene rings is 2. The van der Waals surface area contributed by atoms with Gasteiger partial charge in [0.2, 0.25) is 5.06 Å². The number of rotatable bonds is 0. The highest BCUT2D eigenvalue weighted by atomic mass is 32.1. The Bertz CT molecular complexity index is 722. The predicted octanol–water partition coefficient (Wildman–Crippen LogP) is 3.44. The molecule has 0 spiro atoms. The van der Waals surface area contributed by atoms with Crippen molar-refractivity contribution in [3.8, 4) is 45.3 Å². The number of nitrogens with one attached hydrogen (secondary N) is 1. The molecule has 10 nitrogen and oxygen atoms in total. The van der Waals surface area contributed by atoms with Gasteiger partial charge in [-0.3, -0.25) is 0 Å². The molecule has 0 aliphatic rings. The standard InChI is InChI=1S/C4H5NO2.C4H4O3.2C4H4O2S/c6-3-1-5-2-4(3)7;2*5-3-1-7-2-4(3)6;5-3-1-2-7-4(3)6/h1-2,5-7H;3*1-2,5-6H. The van der Waals surface area contributed by atoms with E-state index in [1.807, 2.05) is 0 Å². The predicted molar refractivity (Wildman–Crippen MR) is 101 cm³/mol. The van der Waals surface area contributed by atoms with E-state index in [4.69, 9.17) is 40.9 Å². The van der Waals surface area contributed by atoms with E-state index in [1.165, 1.54) is 40.6 Å². The van der Waals surface area contributed by atoms with Gasteiger partial charge in [0.15, 0.2) is 40.2 Å². The Kier molecular flexibility index (Phi) is 8.92. The molecule has 0 saturated carbocycles. The molecule has 0 bridgehead atoms. The minimum absolute atomic E-state index is 0.0139. The lowest BCUT2D eigenvalue weighted by Gasteiger charge is -1.79. The van der Waals surface area contributed by atoms with E-state index in [0.29, 0.717) is 0 Å². The van der Waals surface area contributed by atoms with Crippen LogP contribution in [-0.4, -0.2) is 45.8 Å². The molecule has 9 N–H and O–H groups in total. The zero-order chi connectivity index (χ0) is 21.1. The highest BCUT2D eigenvalue weighted by Crippen LogP contribution is 2.29. The molecule has 4 rings (SSSR count). The van der Waals surface area contributed by atoms with Crippen molar-refractivity contribution in [3.05, 3.63) is 47.1 Å². The third-order valence-corrected chi connectivity index (χ3v) is 3.99. The van der Waals surface area contributed by atoms with Gasteiger partial charge in [0.25, 0.3) is 0 Å². The zero-order valence-corrected chi connectivity index (χ0v) is 15.6. The summed E-state index contributed by atoms with van der Waals surface area (Å²) in [5.74, 6) is -0.778. The molecular weight excluding hydrogens is 414 g/mol. The van der Waals surface area contributed by atoms with Gasteiger partial charge in [-0.25, -0.2) is 0 Å². The van der Waals surface area contributed by atoms with Crippen molar-refractivity contribution in [2.45, 2.75) is 0 Å². The van der Waals surface area contributed by atoms with Crippen LogP contribution in [0.5, 0.6) is 45.3 Å².